The summed E-state index contributed by atoms with van der Waals surface area (Å²) in [7, 11) is 0. The Labute approximate surface area is 114 Å². The van der Waals surface area contributed by atoms with Crippen LogP contribution in [0, 0.1) is 10.1 Å². The summed E-state index contributed by atoms with van der Waals surface area (Å²) in [4.78, 5) is 22.3. The Balaban J connectivity index is 2.32. The van der Waals surface area contributed by atoms with E-state index in [-0.39, 0.29) is 23.4 Å². The molecule has 104 valence electrons. The van der Waals surface area contributed by atoms with Gasteiger partial charge in [-0.2, -0.15) is 0 Å². The fourth-order valence-electron chi connectivity index (χ4n) is 1.67. The highest BCUT2D eigenvalue weighted by Gasteiger charge is 2.23. The summed E-state index contributed by atoms with van der Waals surface area (Å²) in [6.45, 7) is 1.82. The van der Waals surface area contributed by atoms with E-state index in [0.29, 0.717) is 0 Å². The van der Waals surface area contributed by atoms with Gasteiger partial charge in [0.05, 0.1) is 16.7 Å². The molecule has 0 amide bonds. The number of pyridine rings is 1. The van der Waals surface area contributed by atoms with Gasteiger partial charge in [-0.1, -0.05) is 6.07 Å². The van der Waals surface area contributed by atoms with Crippen molar-refractivity contribution in [1.29, 1.82) is 0 Å². The number of nitrogens with zero attached hydrogens (tertiary/aromatic N) is 4. The fraction of sp³-hybridized carbons (Fsp3) is 0.182. The van der Waals surface area contributed by atoms with Crippen molar-refractivity contribution in [3.05, 3.63) is 46.5 Å². The van der Waals surface area contributed by atoms with E-state index in [1.54, 1.807) is 12.3 Å². The van der Waals surface area contributed by atoms with Crippen LogP contribution in [0.25, 0.3) is 0 Å². The van der Waals surface area contributed by atoms with Crippen LogP contribution in [-0.4, -0.2) is 19.9 Å². The maximum absolute atomic E-state index is 11.1. The maximum atomic E-state index is 11.1. The molecular weight excluding hydrogens is 262 g/mol. The lowest BCUT2D eigenvalue weighted by Crippen LogP contribution is -2.15. The SMILES string of the molecule is CC(Nc1ncnc(NN)c1[N+](=O)[O-])c1ccccn1. The topological polar surface area (TPSA) is 132 Å². The number of aromatic nitrogens is 3. The zero-order chi connectivity index (χ0) is 14.5. The molecule has 9 heteroatoms. The van der Waals surface area contributed by atoms with Gasteiger partial charge in [-0.05, 0) is 19.1 Å². The molecule has 20 heavy (non-hydrogen) atoms. The zero-order valence-corrected chi connectivity index (χ0v) is 10.6. The van der Waals surface area contributed by atoms with Gasteiger partial charge in [0.1, 0.15) is 6.33 Å². The number of rotatable bonds is 5. The average molecular weight is 275 g/mol. The predicted octanol–water partition coefficient (Wildman–Crippen LogP) is 1.24. The minimum absolute atomic E-state index is 0.0549. The molecule has 0 aromatic carbocycles. The zero-order valence-electron chi connectivity index (χ0n) is 10.6. The van der Waals surface area contributed by atoms with Crippen LogP contribution in [0.3, 0.4) is 0 Å². The summed E-state index contributed by atoms with van der Waals surface area (Å²) in [6, 6.07) is 5.18. The minimum Gasteiger partial charge on any atom is -0.356 e. The Hall–Kier alpha value is -2.81. The van der Waals surface area contributed by atoms with Crippen LogP contribution >= 0.6 is 0 Å². The molecule has 0 radical (unpaired) electrons. The maximum Gasteiger partial charge on any atom is 0.354 e. The quantitative estimate of drug-likeness (QED) is 0.421. The third kappa shape index (κ3) is 2.78. The molecule has 0 bridgehead atoms. The normalized spacial score (nSPS) is 11.7. The first-order valence-corrected chi connectivity index (χ1v) is 5.77. The fourth-order valence-corrected chi connectivity index (χ4v) is 1.67. The number of nitrogens with two attached hydrogens (primary N) is 1. The molecule has 2 heterocycles. The number of nitro groups is 1. The standard InChI is InChI=1S/C11H13N7O2/c1-7(8-4-2-3-5-13-8)16-10-9(18(19)20)11(17-12)15-6-14-10/h2-7H,12H2,1H3,(H2,14,15,16,17). The molecule has 1 unspecified atom stereocenters. The van der Waals surface area contributed by atoms with Gasteiger partial charge in [-0.25, -0.2) is 15.8 Å². The van der Waals surface area contributed by atoms with Crippen molar-refractivity contribution in [3.63, 3.8) is 0 Å². The summed E-state index contributed by atoms with van der Waals surface area (Å²) in [5.74, 6) is 5.24. The van der Waals surface area contributed by atoms with Crippen LogP contribution in [0.1, 0.15) is 18.7 Å². The molecule has 4 N–H and O–H groups in total. The molecule has 9 nitrogen and oxygen atoms in total. The van der Waals surface area contributed by atoms with Gasteiger partial charge in [-0.3, -0.25) is 15.1 Å². The number of hydrogen-bond donors (Lipinski definition) is 3. The van der Waals surface area contributed by atoms with E-state index in [9.17, 15) is 10.1 Å². The molecule has 0 fully saturated rings. The van der Waals surface area contributed by atoms with Crippen LogP contribution in [0.15, 0.2) is 30.7 Å². The summed E-state index contributed by atoms with van der Waals surface area (Å²) < 4.78 is 0. The van der Waals surface area contributed by atoms with Gasteiger partial charge in [0, 0.05) is 6.20 Å². The molecule has 0 saturated carbocycles. The lowest BCUT2D eigenvalue weighted by atomic mass is 10.2. The van der Waals surface area contributed by atoms with Crippen LogP contribution in [0.2, 0.25) is 0 Å². The third-order valence-electron chi connectivity index (χ3n) is 2.63. The molecule has 0 saturated heterocycles. The van der Waals surface area contributed by atoms with E-state index in [4.69, 9.17) is 5.84 Å². The Morgan fingerprint density at radius 2 is 2.05 bits per heavy atom. The van der Waals surface area contributed by atoms with Crippen molar-refractivity contribution in [2.45, 2.75) is 13.0 Å². The van der Waals surface area contributed by atoms with Crippen LogP contribution in [0.4, 0.5) is 17.3 Å². The third-order valence-corrected chi connectivity index (χ3v) is 2.63. The Kier molecular flexibility index (Phi) is 4.01. The molecule has 2 aromatic rings. The second-order valence-electron chi connectivity index (χ2n) is 3.94. The first kappa shape index (κ1) is 13.6. The van der Waals surface area contributed by atoms with Gasteiger partial charge in [0.2, 0.25) is 11.6 Å². The first-order chi connectivity index (χ1) is 9.63. The van der Waals surface area contributed by atoms with E-state index < -0.39 is 4.92 Å². The highest BCUT2D eigenvalue weighted by atomic mass is 16.6. The predicted molar refractivity (Wildman–Crippen MR) is 72.8 cm³/mol. The van der Waals surface area contributed by atoms with Gasteiger partial charge >= 0.3 is 5.69 Å². The molecule has 0 aliphatic rings. The summed E-state index contributed by atoms with van der Waals surface area (Å²) >= 11 is 0. The molecule has 2 rings (SSSR count). The van der Waals surface area contributed by atoms with Gasteiger partial charge in [-0.15, -0.1) is 0 Å². The first-order valence-electron chi connectivity index (χ1n) is 5.77. The minimum atomic E-state index is -0.595. The van der Waals surface area contributed by atoms with E-state index in [0.717, 1.165) is 5.69 Å². The Morgan fingerprint density at radius 3 is 2.65 bits per heavy atom. The second kappa shape index (κ2) is 5.89. The molecule has 0 spiro atoms. The summed E-state index contributed by atoms with van der Waals surface area (Å²) in [6.07, 6.45) is 2.84. The highest BCUT2D eigenvalue weighted by Crippen LogP contribution is 2.30. The largest absolute Gasteiger partial charge is 0.356 e. The van der Waals surface area contributed by atoms with Crippen molar-refractivity contribution in [2.75, 3.05) is 10.7 Å². The van der Waals surface area contributed by atoms with Gasteiger partial charge < -0.3 is 10.7 Å². The number of nitrogens with one attached hydrogen (secondary N) is 2. The van der Waals surface area contributed by atoms with Crippen LogP contribution < -0.4 is 16.6 Å². The van der Waals surface area contributed by atoms with E-state index >= 15 is 0 Å². The molecule has 0 aliphatic heterocycles. The highest BCUT2D eigenvalue weighted by molar-refractivity contribution is 5.69. The summed E-state index contributed by atoms with van der Waals surface area (Å²) in [5, 5.41) is 14.0. The molecule has 1 atom stereocenters. The summed E-state index contributed by atoms with van der Waals surface area (Å²) in [5.41, 5.74) is 2.61. The molecule has 0 aliphatic carbocycles. The van der Waals surface area contributed by atoms with Crippen LogP contribution in [-0.2, 0) is 0 Å². The Morgan fingerprint density at radius 1 is 1.30 bits per heavy atom. The smallest absolute Gasteiger partial charge is 0.354 e. The van der Waals surface area contributed by atoms with Crippen LogP contribution in [0.5, 0.6) is 0 Å². The second-order valence-corrected chi connectivity index (χ2v) is 3.94. The van der Waals surface area contributed by atoms with Gasteiger partial charge in [0.15, 0.2) is 0 Å². The lowest BCUT2D eigenvalue weighted by molar-refractivity contribution is -0.383. The van der Waals surface area contributed by atoms with Crippen molar-refractivity contribution in [1.82, 2.24) is 15.0 Å². The van der Waals surface area contributed by atoms with Gasteiger partial charge in [0.25, 0.3) is 0 Å². The number of anilines is 2. The van der Waals surface area contributed by atoms with E-state index in [2.05, 4.69) is 25.7 Å². The van der Waals surface area contributed by atoms with Crippen molar-refractivity contribution >= 4 is 17.3 Å². The van der Waals surface area contributed by atoms with Crippen molar-refractivity contribution < 1.29 is 4.92 Å². The van der Waals surface area contributed by atoms with E-state index in [1.807, 2.05) is 19.1 Å². The molecule has 2 aromatic heterocycles. The monoisotopic (exact) mass is 275 g/mol. The lowest BCUT2D eigenvalue weighted by Gasteiger charge is -2.14. The van der Waals surface area contributed by atoms with Crippen molar-refractivity contribution in [3.8, 4) is 0 Å². The number of nitrogen functional groups attached to an aromatic ring is 1. The average Bonchev–Trinajstić information content (AvgIpc) is 2.47. The number of hydrazine groups is 1. The Bertz CT molecular complexity index is 605. The van der Waals surface area contributed by atoms with Crippen molar-refractivity contribution in [2.24, 2.45) is 5.84 Å². The van der Waals surface area contributed by atoms with E-state index in [1.165, 1.54) is 6.33 Å². The number of hydrogen-bond acceptors (Lipinski definition) is 8. The molecular formula is C11H13N7O2.